The second kappa shape index (κ2) is 22.2. The lowest BCUT2D eigenvalue weighted by Gasteiger charge is -2.47. The molecule has 0 atom stereocenters. The number of hydrogen-bond donors (Lipinski definition) is 0. The van der Waals surface area contributed by atoms with Crippen LogP contribution >= 0.6 is 34.0 Å². The molecule has 11 heteroatoms. The van der Waals surface area contributed by atoms with Crippen LogP contribution in [0.4, 0.5) is 85.3 Å². The fourth-order valence-electron chi connectivity index (χ4n) is 17.1. The van der Waals surface area contributed by atoms with Crippen molar-refractivity contribution in [1.29, 1.82) is 0 Å². The summed E-state index contributed by atoms with van der Waals surface area (Å²) in [5, 5.41) is 7.44. The summed E-state index contributed by atoms with van der Waals surface area (Å²) in [4.78, 5) is 12.8. The number of hydrogen-bond acceptors (Lipinski definition) is 9. The summed E-state index contributed by atoms with van der Waals surface area (Å²) in [6.07, 6.45) is 0. The Kier molecular flexibility index (Phi) is 12.5. The third-order valence-electron chi connectivity index (χ3n) is 21.2. The summed E-state index contributed by atoms with van der Waals surface area (Å²) in [5.74, 6) is 1.69. The summed E-state index contributed by atoms with van der Waals surface area (Å²) in [6.45, 7) is -0.430. The summed E-state index contributed by atoms with van der Waals surface area (Å²) < 4.78 is 15.0. The molecule has 0 radical (unpaired) electrons. The second-order valence-electron chi connectivity index (χ2n) is 26.6. The van der Waals surface area contributed by atoms with E-state index in [1.54, 1.807) is 0 Å². The zero-order valence-electron chi connectivity index (χ0n) is 54.3. The minimum absolute atomic E-state index is 0.202. The van der Waals surface area contributed by atoms with Gasteiger partial charge in [0.05, 0.1) is 33.1 Å². The highest BCUT2D eigenvalue weighted by molar-refractivity contribution is 7.27. The van der Waals surface area contributed by atoms with Crippen LogP contribution in [-0.2, 0) is 0 Å². The Morgan fingerprint density at radius 2 is 0.713 bits per heavy atom. The van der Waals surface area contributed by atoms with Crippen molar-refractivity contribution in [3.8, 4) is 11.5 Å². The van der Waals surface area contributed by atoms with E-state index in [-0.39, 0.29) is 13.4 Å². The molecule has 3 aromatic heterocycles. The Balaban J connectivity index is 0.863. The maximum Gasteiger partial charge on any atom is 0.256 e. The quantitative estimate of drug-likeness (QED) is 0.134. The van der Waals surface area contributed by atoms with Crippen LogP contribution in [-0.4, -0.2) is 13.4 Å². The van der Waals surface area contributed by atoms with Gasteiger partial charge in [-0.1, -0.05) is 194 Å². The fraction of sp³-hybridized carbons (Fsp3) is 0. The molecule has 0 amide bonds. The van der Waals surface area contributed by atoms with Crippen molar-refractivity contribution in [3.63, 3.8) is 0 Å². The van der Waals surface area contributed by atoms with Crippen LogP contribution in [0.25, 0.3) is 60.5 Å². The van der Waals surface area contributed by atoms with Crippen LogP contribution in [0.5, 0.6) is 11.5 Å². The van der Waals surface area contributed by atoms with Gasteiger partial charge >= 0.3 is 0 Å². The molecule has 0 saturated heterocycles. The van der Waals surface area contributed by atoms with Crippen LogP contribution < -0.4 is 62.0 Å². The average Bonchev–Trinajstić information content (AvgIpc) is 1.61. The van der Waals surface area contributed by atoms with Gasteiger partial charge in [0.15, 0.2) is 0 Å². The van der Waals surface area contributed by atoms with E-state index in [9.17, 15) is 0 Å². The van der Waals surface area contributed by atoms with E-state index < -0.39 is 0 Å². The normalized spacial score (nSPS) is 13.1. The second-order valence-corrected chi connectivity index (χ2v) is 29.8. The molecule has 0 N–H and O–H groups in total. The molecule has 470 valence electrons. The van der Waals surface area contributed by atoms with Crippen LogP contribution in [0.3, 0.4) is 0 Å². The Labute approximate surface area is 596 Å². The standard InChI is InChI=1S/C90H55B2N5OS3/c1-5-26-56(27-6-1)93(71-41-24-48-84-86(71)64-35-14-21-46-82(64)99-84)60-50-76-88-77(51-60)96(59-32-11-4-12-33-59)74-55-75-69(54-68(74)91(88)66-38-16-18-40-70(66)95(76)58-30-9-3-10-31-58)92-67-39-17-19-44-79(67)98-80-53-61(52-78(89(80)92)97(75)72-42-25-49-85-87(72)65-36-15-22-47-83(65)100-85)94(57-28-7-2-8-29-57)73-43-23-37-63-62-34-13-20-45-81(62)101-90(63)73/h1-55H. The third kappa shape index (κ3) is 8.46. The lowest BCUT2D eigenvalue weighted by Crippen LogP contribution is -2.64. The van der Waals surface area contributed by atoms with Crippen molar-refractivity contribution in [2.24, 2.45) is 0 Å². The van der Waals surface area contributed by atoms with Crippen LogP contribution in [0.2, 0.25) is 0 Å². The topological polar surface area (TPSA) is 25.4 Å². The summed E-state index contributed by atoms with van der Waals surface area (Å²) >= 11 is 5.57. The molecule has 22 rings (SSSR count). The van der Waals surface area contributed by atoms with Crippen LogP contribution in [0.1, 0.15) is 0 Å². The highest BCUT2D eigenvalue weighted by Crippen LogP contribution is 2.55. The van der Waals surface area contributed by atoms with Gasteiger partial charge in [-0.2, -0.15) is 0 Å². The van der Waals surface area contributed by atoms with E-state index in [4.69, 9.17) is 4.74 Å². The summed E-state index contributed by atoms with van der Waals surface area (Å²) in [7, 11) is 0. The molecule has 0 fully saturated rings. The van der Waals surface area contributed by atoms with Crippen molar-refractivity contribution in [1.82, 2.24) is 0 Å². The third-order valence-corrected chi connectivity index (χ3v) is 24.7. The van der Waals surface area contributed by atoms with Crippen molar-refractivity contribution < 1.29 is 4.74 Å². The molecule has 0 spiro atoms. The summed E-state index contributed by atoms with van der Waals surface area (Å²) in [5.41, 5.74) is 23.6. The number of para-hydroxylation sites is 6. The van der Waals surface area contributed by atoms with Crippen LogP contribution in [0.15, 0.2) is 334 Å². The molecule has 0 aliphatic carbocycles. The molecule has 7 heterocycles. The molecule has 15 aromatic carbocycles. The van der Waals surface area contributed by atoms with Gasteiger partial charge in [0.2, 0.25) is 0 Å². The molecule has 18 aromatic rings. The Morgan fingerprint density at radius 1 is 0.257 bits per heavy atom. The van der Waals surface area contributed by atoms with Gasteiger partial charge < -0.3 is 29.2 Å². The van der Waals surface area contributed by atoms with Gasteiger partial charge in [0.25, 0.3) is 13.4 Å². The minimum atomic E-state index is -0.228. The first-order valence-electron chi connectivity index (χ1n) is 34.4. The molecule has 0 bridgehead atoms. The Hall–Kier alpha value is -12.1. The first-order chi connectivity index (χ1) is 50.1. The van der Waals surface area contributed by atoms with E-state index in [1.807, 2.05) is 34.0 Å². The zero-order valence-corrected chi connectivity index (χ0v) is 56.7. The van der Waals surface area contributed by atoms with E-state index in [0.717, 1.165) is 108 Å². The van der Waals surface area contributed by atoms with Gasteiger partial charge in [-0.15, -0.1) is 34.0 Å². The molecule has 4 aliphatic rings. The van der Waals surface area contributed by atoms with E-state index in [0.29, 0.717) is 0 Å². The van der Waals surface area contributed by atoms with Gasteiger partial charge in [-0.25, -0.2) is 0 Å². The summed E-state index contributed by atoms with van der Waals surface area (Å²) in [6, 6.07) is 124. The molecular weight excluding hydrogens is 1280 g/mol. The first-order valence-corrected chi connectivity index (χ1v) is 36.9. The number of rotatable bonds is 9. The van der Waals surface area contributed by atoms with Crippen LogP contribution in [0, 0.1) is 0 Å². The molecule has 0 unspecified atom stereocenters. The number of benzene rings is 15. The molecular formula is C90H55B2N5OS3. The maximum absolute atomic E-state index is 7.53. The van der Waals surface area contributed by atoms with Crippen molar-refractivity contribution in [2.45, 2.75) is 0 Å². The van der Waals surface area contributed by atoms with Crippen molar-refractivity contribution in [2.75, 3.05) is 24.5 Å². The predicted octanol–water partition coefficient (Wildman–Crippen LogP) is 22.2. The van der Waals surface area contributed by atoms with Gasteiger partial charge in [0, 0.05) is 119 Å². The number of thiophene rings is 3. The number of fused-ring (bicyclic) bond motifs is 17. The maximum atomic E-state index is 7.53. The lowest BCUT2D eigenvalue weighted by atomic mass is 9.30. The Bertz CT molecular complexity index is 6460. The molecule has 4 aliphatic heterocycles. The number of anilines is 15. The SMILES string of the molecule is c1ccc(N2c3ccccc3B3c4cc5c(cc4N(c4ccccc4)c4cc(N(c6ccccc6)c6cccc7sc8ccccc8c67)cc2c43)N(c2cccc3sc4ccccc4c23)c2cc(N(c3ccccc3)c3cccc4c3sc3ccccc34)cc3c2B5c2ccccc2O3)cc1. The number of nitrogens with zero attached hydrogens (tertiary/aromatic N) is 5. The molecule has 0 saturated carbocycles. The van der Waals surface area contributed by atoms with E-state index in [1.165, 1.54) is 82.4 Å². The van der Waals surface area contributed by atoms with E-state index in [2.05, 4.69) is 358 Å². The average molecular weight is 1340 g/mol. The zero-order chi connectivity index (χ0) is 66.0. The van der Waals surface area contributed by atoms with Gasteiger partial charge in [-0.05, 0) is 166 Å². The first kappa shape index (κ1) is 56.9. The van der Waals surface area contributed by atoms with Gasteiger partial charge in [-0.3, -0.25) is 0 Å². The lowest BCUT2D eigenvalue weighted by molar-refractivity contribution is 0.487. The molecule has 101 heavy (non-hydrogen) atoms. The molecule has 6 nitrogen and oxygen atoms in total. The van der Waals surface area contributed by atoms with Crippen molar-refractivity contribution in [3.05, 3.63) is 334 Å². The highest BCUT2D eigenvalue weighted by Gasteiger charge is 2.49. The largest absolute Gasteiger partial charge is 0.458 e. The van der Waals surface area contributed by atoms with Crippen molar-refractivity contribution >= 4 is 226 Å². The Morgan fingerprint density at radius 3 is 1.40 bits per heavy atom. The van der Waals surface area contributed by atoms with Gasteiger partial charge in [0.1, 0.15) is 11.5 Å². The van der Waals surface area contributed by atoms with E-state index >= 15 is 0 Å². The smallest absolute Gasteiger partial charge is 0.256 e. The monoisotopic (exact) mass is 1340 g/mol. The number of ether oxygens (including phenoxy) is 1. The predicted molar refractivity (Wildman–Crippen MR) is 434 cm³/mol. The minimum Gasteiger partial charge on any atom is -0.458 e. The highest BCUT2D eigenvalue weighted by atomic mass is 32.1. The fourth-order valence-corrected chi connectivity index (χ4v) is 20.6.